The Hall–Kier alpha value is -3.83. The summed E-state index contributed by atoms with van der Waals surface area (Å²) in [6, 6.07) is 4.52. The lowest BCUT2D eigenvalue weighted by Crippen LogP contribution is -2.42. The Labute approximate surface area is 171 Å². The molecule has 3 aromatic heterocycles. The van der Waals surface area contributed by atoms with E-state index in [0.29, 0.717) is 17.1 Å². The van der Waals surface area contributed by atoms with Crippen LogP contribution >= 0.6 is 0 Å². The van der Waals surface area contributed by atoms with Crippen LogP contribution in [-0.2, 0) is 24.6 Å². The second kappa shape index (κ2) is 6.59. The summed E-state index contributed by atoms with van der Waals surface area (Å²) < 4.78 is 43.7. The highest BCUT2D eigenvalue weighted by Gasteiger charge is 2.30. The number of fused-ring (bicyclic) bond motifs is 3. The molecule has 0 saturated heterocycles. The summed E-state index contributed by atoms with van der Waals surface area (Å²) in [5.74, 6) is -0.608. The number of benzene rings is 1. The normalized spacial score (nSPS) is 12.2. The highest BCUT2D eigenvalue weighted by atomic mass is 19.4. The maximum atomic E-state index is 13.0. The van der Waals surface area contributed by atoms with Gasteiger partial charge in [0.05, 0.1) is 5.56 Å². The van der Waals surface area contributed by atoms with Gasteiger partial charge in [-0.25, -0.2) is 9.36 Å². The highest BCUT2D eigenvalue weighted by Crippen LogP contribution is 2.31. The van der Waals surface area contributed by atoms with Crippen molar-refractivity contribution >= 4 is 22.8 Å². The van der Waals surface area contributed by atoms with Crippen molar-refractivity contribution in [1.82, 2.24) is 23.1 Å². The first-order chi connectivity index (χ1) is 14.4. The lowest BCUT2D eigenvalue weighted by atomic mass is 10.2. The molecule has 12 heteroatoms. The van der Waals surface area contributed by atoms with E-state index in [1.807, 2.05) is 0 Å². The number of alkyl halides is 3. The minimum atomic E-state index is -4.47. The number of aryl methyl sites for hydroxylation is 2. The molecule has 9 nitrogen and oxygen atoms in total. The standard InChI is InChI=1S/C19H17F3N6O3/c1-9-10(2)28-14-15(25(3)18(31)26(16(14)30)8-13(23)29)24-17(28)27(9)12-6-4-11(5-7-12)19(20,21)22/h4-7H,8H2,1-3H3,(H2,23,29). The topological polar surface area (TPSA) is 109 Å². The molecule has 162 valence electrons. The van der Waals surface area contributed by atoms with Gasteiger partial charge in [-0.15, -0.1) is 0 Å². The Morgan fingerprint density at radius 2 is 1.71 bits per heavy atom. The molecular formula is C19H17F3N6O3. The number of nitrogens with zero attached hydrogens (tertiary/aromatic N) is 5. The van der Waals surface area contributed by atoms with Crippen LogP contribution in [0.5, 0.6) is 0 Å². The van der Waals surface area contributed by atoms with Crippen molar-refractivity contribution in [2.24, 2.45) is 12.8 Å². The third-order valence-corrected chi connectivity index (χ3v) is 5.29. The second-order valence-corrected chi connectivity index (χ2v) is 7.17. The summed E-state index contributed by atoms with van der Waals surface area (Å²) in [4.78, 5) is 41.3. The second-order valence-electron chi connectivity index (χ2n) is 7.17. The Kier molecular flexibility index (Phi) is 4.34. The third kappa shape index (κ3) is 2.94. The quantitative estimate of drug-likeness (QED) is 0.524. The average molecular weight is 434 g/mol. The van der Waals surface area contributed by atoms with Crippen LogP contribution < -0.4 is 17.0 Å². The molecule has 31 heavy (non-hydrogen) atoms. The van der Waals surface area contributed by atoms with E-state index in [1.54, 1.807) is 18.4 Å². The number of hydrogen-bond acceptors (Lipinski definition) is 4. The van der Waals surface area contributed by atoms with Crippen LogP contribution in [0.25, 0.3) is 22.6 Å². The summed E-state index contributed by atoms with van der Waals surface area (Å²) in [5.41, 5.74) is 4.66. The van der Waals surface area contributed by atoms with Crippen LogP contribution in [-0.4, -0.2) is 29.0 Å². The van der Waals surface area contributed by atoms with E-state index in [2.05, 4.69) is 4.98 Å². The van der Waals surface area contributed by atoms with Crippen molar-refractivity contribution < 1.29 is 18.0 Å². The van der Waals surface area contributed by atoms with Crippen molar-refractivity contribution in [3.05, 3.63) is 62.1 Å². The molecular weight excluding hydrogens is 417 g/mol. The molecule has 0 bridgehead atoms. The number of carbonyl (C=O) groups is 1. The van der Waals surface area contributed by atoms with E-state index in [4.69, 9.17) is 5.73 Å². The van der Waals surface area contributed by atoms with Gasteiger partial charge in [-0.1, -0.05) is 0 Å². The lowest BCUT2D eigenvalue weighted by Gasteiger charge is -2.10. The van der Waals surface area contributed by atoms with Gasteiger partial charge < -0.3 is 5.73 Å². The van der Waals surface area contributed by atoms with Gasteiger partial charge >= 0.3 is 11.9 Å². The number of nitrogens with two attached hydrogens (primary N) is 1. The Morgan fingerprint density at radius 3 is 2.26 bits per heavy atom. The van der Waals surface area contributed by atoms with Gasteiger partial charge in [0.25, 0.3) is 5.56 Å². The molecule has 4 aromatic rings. The summed E-state index contributed by atoms with van der Waals surface area (Å²) in [7, 11) is 1.40. The number of rotatable bonds is 3. The van der Waals surface area contributed by atoms with E-state index in [1.165, 1.54) is 23.6 Å². The maximum Gasteiger partial charge on any atom is 0.416 e. The number of aromatic nitrogens is 5. The van der Waals surface area contributed by atoms with Crippen LogP contribution in [0, 0.1) is 13.8 Å². The Balaban J connectivity index is 2.08. The minimum absolute atomic E-state index is 0.0598. The van der Waals surface area contributed by atoms with Gasteiger partial charge in [0.15, 0.2) is 11.2 Å². The van der Waals surface area contributed by atoms with Gasteiger partial charge in [0.2, 0.25) is 11.7 Å². The molecule has 0 aliphatic carbocycles. The molecule has 1 amide bonds. The van der Waals surface area contributed by atoms with E-state index in [0.717, 1.165) is 21.3 Å². The molecule has 0 aliphatic heterocycles. The first-order valence-electron chi connectivity index (χ1n) is 9.09. The number of hydrogen-bond donors (Lipinski definition) is 1. The number of amides is 1. The molecule has 2 N–H and O–H groups in total. The molecule has 0 unspecified atom stereocenters. The number of halogens is 3. The Bertz CT molecular complexity index is 1490. The van der Waals surface area contributed by atoms with Crippen molar-refractivity contribution in [3.8, 4) is 5.69 Å². The van der Waals surface area contributed by atoms with Gasteiger partial charge in [0, 0.05) is 24.1 Å². The zero-order valence-electron chi connectivity index (χ0n) is 16.7. The fourth-order valence-electron chi connectivity index (χ4n) is 3.65. The molecule has 0 aliphatic rings. The first kappa shape index (κ1) is 20.4. The van der Waals surface area contributed by atoms with E-state index >= 15 is 0 Å². The maximum absolute atomic E-state index is 13.0. The fourth-order valence-corrected chi connectivity index (χ4v) is 3.65. The van der Waals surface area contributed by atoms with Crippen LogP contribution in [0.3, 0.4) is 0 Å². The van der Waals surface area contributed by atoms with Crippen LogP contribution in [0.2, 0.25) is 0 Å². The zero-order chi connectivity index (χ0) is 22.8. The fraction of sp³-hybridized carbons (Fsp3) is 0.263. The van der Waals surface area contributed by atoms with Gasteiger partial charge in [-0.2, -0.15) is 18.2 Å². The predicted molar refractivity (Wildman–Crippen MR) is 105 cm³/mol. The zero-order valence-corrected chi connectivity index (χ0v) is 16.7. The lowest BCUT2D eigenvalue weighted by molar-refractivity contribution is -0.137. The van der Waals surface area contributed by atoms with Gasteiger partial charge in [-0.05, 0) is 38.1 Å². The molecule has 1 aromatic carbocycles. The number of carbonyl (C=O) groups excluding carboxylic acids is 1. The summed E-state index contributed by atoms with van der Waals surface area (Å²) in [6.45, 7) is 2.86. The first-order valence-corrected chi connectivity index (χ1v) is 9.09. The van der Waals surface area contributed by atoms with E-state index in [-0.39, 0.29) is 16.9 Å². The summed E-state index contributed by atoms with van der Waals surface area (Å²) in [6.07, 6.45) is -4.47. The Morgan fingerprint density at radius 1 is 1.10 bits per heavy atom. The van der Waals surface area contributed by atoms with Crippen LogP contribution in [0.1, 0.15) is 17.0 Å². The van der Waals surface area contributed by atoms with Crippen LogP contribution in [0.15, 0.2) is 33.9 Å². The molecule has 0 radical (unpaired) electrons. The molecule has 0 spiro atoms. The van der Waals surface area contributed by atoms with Crippen molar-refractivity contribution in [2.75, 3.05) is 0 Å². The number of imidazole rings is 2. The van der Waals surface area contributed by atoms with Crippen molar-refractivity contribution in [1.29, 1.82) is 0 Å². The average Bonchev–Trinajstić information content (AvgIpc) is 3.19. The van der Waals surface area contributed by atoms with Gasteiger partial charge in [-0.3, -0.25) is 23.1 Å². The highest BCUT2D eigenvalue weighted by molar-refractivity contribution is 5.78. The molecule has 0 fully saturated rings. The van der Waals surface area contributed by atoms with Crippen LogP contribution in [0.4, 0.5) is 13.2 Å². The van der Waals surface area contributed by atoms with Gasteiger partial charge in [0.1, 0.15) is 6.54 Å². The smallest absolute Gasteiger partial charge is 0.368 e. The number of primary amides is 1. The molecule has 0 atom stereocenters. The van der Waals surface area contributed by atoms with E-state index < -0.39 is 35.4 Å². The molecule has 0 saturated carbocycles. The molecule has 4 rings (SSSR count). The van der Waals surface area contributed by atoms with E-state index in [9.17, 15) is 27.6 Å². The minimum Gasteiger partial charge on any atom is -0.368 e. The largest absolute Gasteiger partial charge is 0.416 e. The third-order valence-electron chi connectivity index (χ3n) is 5.29. The van der Waals surface area contributed by atoms with Crippen molar-refractivity contribution in [3.63, 3.8) is 0 Å². The monoisotopic (exact) mass is 434 g/mol. The SMILES string of the molecule is Cc1c(C)n2c3c(=O)n(CC(N)=O)c(=O)n(C)c3nc2n1-c1ccc(C(F)(F)F)cc1. The summed E-state index contributed by atoms with van der Waals surface area (Å²) in [5, 5.41) is 0. The summed E-state index contributed by atoms with van der Waals surface area (Å²) >= 11 is 0. The predicted octanol–water partition coefficient (Wildman–Crippen LogP) is 1.26. The molecule has 3 heterocycles. The van der Waals surface area contributed by atoms with Crippen molar-refractivity contribution in [2.45, 2.75) is 26.6 Å².